The number of alkyl halides is 3. The summed E-state index contributed by atoms with van der Waals surface area (Å²) >= 11 is 0. The Labute approximate surface area is 106 Å². The molecular weight excluding hydrogens is 321 g/mol. The summed E-state index contributed by atoms with van der Waals surface area (Å²) in [7, 11) is -0.181. The van der Waals surface area contributed by atoms with Crippen molar-refractivity contribution in [1.29, 1.82) is 0 Å². The molecule has 0 spiro atoms. The minimum atomic E-state index is -5.28. The van der Waals surface area contributed by atoms with Crippen molar-refractivity contribution in [3.63, 3.8) is 0 Å². The van der Waals surface area contributed by atoms with Gasteiger partial charge in [-0.3, -0.25) is 4.79 Å². The van der Waals surface area contributed by atoms with Crippen LogP contribution in [-0.2, 0) is 9.05 Å². The van der Waals surface area contributed by atoms with Gasteiger partial charge in [0.05, 0.1) is 0 Å². The average molecular weight is 323 g/mol. The molecule has 1 rings (SSSR count). The van der Waals surface area contributed by atoms with E-state index < -0.39 is 42.2 Å². The maximum Gasteiger partial charge on any atom is 0.573 e. The van der Waals surface area contributed by atoms with Gasteiger partial charge in [0, 0.05) is 10.7 Å². The first kappa shape index (κ1) is 15.2. The molecule has 0 aromatic carbocycles. The summed E-state index contributed by atoms with van der Waals surface area (Å²) in [6.07, 6.45) is -5.07. The van der Waals surface area contributed by atoms with Gasteiger partial charge in [0.25, 0.3) is 14.5 Å². The lowest BCUT2D eigenvalue weighted by Crippen LogP contribution is -2.24. The molecule has 13 heteroatoms. The van der Waals surface area contributed by atoms with Crippen molar-refractivity contribution < 1.29 is 31.2 Å². The first-order valence-corrected chi connectivity index (χ1v) is 6.35. The number of ether oxygens (including phenoxy) is 1. The molecule has 0 aliphatic carbocycles. The Morgan fingerprint density at radius 3 is 2.32 bits per heavy atom. The molecule has 0 radical (unpaired) electrons. The highest BCUT2D eigenvalue weighted by Gasteiger charge is 2.36. The van der Waals surface area contributed by atoms with Crippen molar-refractivity contribution in [2.75, 3.05) is 0 Å². The quantitative estimate of drug-likeness (QED) is 0.505. The summed E-state index contributed by atoms with van der Waals surface area (Å²) < 4.78 is 61.0. The zero-order chi connectivity index (χ0) is 15.0. The van der Waals surface area contributed by atoms with Gasteiger partial charge < -0.3 is 14.9 Å². The molecular formula is C6H2ClF3N2O6S. The molecule has 0 unspecified atom stereocenters. The van der Waals surface area contributed by atoms with E-state index in [0.29, 0.717) is 0 Å². The van der Waals surface area contributed by atoms with Gasteiger partial charge in [-0.05, 0) is 4.92 Å². The van der Waals surface area contributed by atoms with Crippen molar-refractivity contribution in [3.05, 3.63) is 26.5 Å². The number of hydrogen-bond donors (Lipinski definition) is 1. The number of pyridine rings is 1. The molecule has 0 bridgehead atoms. The summed E-state index contributed by atoms with van der Waals surface area (Å²) in [6, 6.07) is 0. The second kappa shape index (κ2) is 4.70. The number of hydrogen-bond acceptors (Lipinski definition) is 6. The number of aromatic amines is 1. The number of nitrogens with one attached hydrogen (secondary N) is 1. The minimum absolute atomic E-state index is 0.208. The summed E-state index contributed by atoms with van der Waals surface area (Å²) in [5.74, 6) is -2.85. The predicted molar refractivity (Wildman–Crippen MR) is 53.4 cm³/mol. The van der Waals surface area contributed by atoms with Gasteiger partial charge >= 0.3 is 12.2 Å². The van der Waals surface area contributed by atoms with Crippen LogP contribution in [0.25, 0.3) is 0 Å². The Balaban J connectivity index is 3.62. The first-order valence-electron chi connectivity index (χ1n) is 4.04. The molecule has 0 saturated carbocycles. The lowest BCUT2D eigenvalue weighted by Gasteiger charge is -2.08. The number of halogens is 4. The topological polar surface area (TPSA) is 119 Å². The van der Waals surface area contributed by atoms with Crippen LogP contribution < -0.4 is 10.2 Å². The average Bonchev–Trinajstić information content (AvgIpc) is 2.16. The van der Waals surface area contributed by atoms with Gasteiger partial charge in [-0.1, -0.05) is 0 Å². The van der Waals surface area contributed by atoms with Gasteiger partial charge in [0.1, 0.15) is 6.20 Å². The third-order valence-electron chi connectivity index (χ3n) is 1.64. The largest absolute Gasteiger partial charge is 0.573 e. The highest BCUT2D eigenvalue weighted by molar-refractivity contribution is 8.13. The fourth-order valence-electron chi connectivity index (χ4n) is 1.05. The van der Waals surface area contributed by atoms with Crippen LogP contribution in [0.5, 0.6) is 5.75 Å². The van der Waals surface area contributed by atoms with Crippen LogP contribution in [-0.4, -0.2) is 24.7 Å². The monoisotopic (exact) mass is 322 g/mol. The smallest absolute Gasteiger partial charge is 0.398 e. The van der Waals surface area contributed by atoms with Crippen molar-refractivity contribution in [3.8, 4) is 5.75 Å². The van der Waals surface area contributed by atoms with Crippen LogP contribution in [0.15, 0.2) is 15.9 Å². The SMILES string of the molecule is O=c1c(OC(F)(F)F)c[nH]c([N+](=O)[O-])c1S(=O)(=O)Cl. The van der Waals surface area contributed by atoms with Crippen LogP contribution >= 0.6 is 10.7 Å². The van der Waals surface area contributed by atoms with Gasteiger partial charge in [0.15, 0.2) is 0 Å². The Kier molecular flexibility index (Phi) is 3.77. The minimum Gasteiger partial charge on any atom is -0.398 e. The van der Waals surface area contributed by atoms with Gasteiger partial charge in [-0.25, -0.2) is 13.4 Å². The Hall–Kier alpha value is -1.82. The lowest BCUT2D eigenvalue weighted by atomic mass is 10.4. The Morgan fingerprint density at radius 2 is 1.95 bits per heavy atom. The van der Waals surface area contributed by atoms with E-state index >= 15 is 0 Å². The van der Waals surface area contributed by atoms with Crippen molar-refractivity contribution in [2.45, 2.75) is 11.3 Å². The van der Waals surface area contributed by atoms with Gasteiger partial charge in [-0.15, -0.1) is 13.2 Å². The third kappa shape index (κ3) is 3.57. The predicted octanol–water partition coefficient (Wildman–Crippen LogP) is 1.11. The van der Waals surface area contributed by atoms with Crippen molar-refractivity contribution in [2.24, 2.45) is 0 Å². The number of rotatable bonds is 3. The molecule has 0 aliphatic heterocycles. The normalized spacial score (nSPS) is 12.2. The van der Waals surface area contributed by atoms with E-state index in [0.717, 1.165) is 0 Å². The van der Waals surface area contributed by atoms with Crippen LogP contribution in [0.1, 0.15) is 0 Å². The molecule has 1 heterocycles. The van der Waals surface area contributed by atoms with Crippen molar-refractivity contribution in [1.82, 2.24) is 4.98 Å². The molecule has 8 nitrogen and oxygen atoms in total. The summed E-state index contributed by atoms with van der Waals surface area (Å²) in [5, 5.41) is 10.5. The van der Waals surface area contributed by atoms with E-state index in [1.54, 1.807) is 4.98 Å². The highest BCUT2D eigenvalue weighted by Crippen LogP contribution is 2.25. The number of nitro groups is 1. The van der Waals surface area contributed by atoms with Gasteiger partial charge in [0.2, 0.25) is 10.6 Å². The molecule has 0 saturated heterocycles. The molecule has 0 atom stereocenters. The van der Waals surface area contributed by atoms with E-state index in [2.05, 4.69) is 4.74 Å². The second-order valence-electron chi connectivity index (χ2n) is 2.90. The number of aromatic nitrogens is 1. The van der Waals surface area contributed by atoms with E-state index in [-0.39, 0.29) is 6.20 Å². The van der Waals surface area contributed by atoms with Gasteiger partial charge in [-0.2, -0.15) is 0 Å². The number of nitrogens with zero attached hydrogens (tertiary/aromatic N) is 1. The fourth-order valence-corrected chi connectivity index (χ4v) is 2.16. The van der Waals surface area contributed by atoms with Crippen LogP contribution in [0.2, 0.25) is 0 Å². The van der Waals surface area contributed by atoms with Crippen LogP contribution in [0.4, 0.5) is 19.0 Å². The van der Waals surface area contributed by atoms with Crippen LogP contribution in [0, 0.1) is 10.1 Å². The second-order valence-corrected chi connectivity index (χ2v) is 5.41. The molecule has 0 aliphatic rings. The molecule has 106 valence electrons. The molecule has 1 N–H and O–H groups in total. The van der Waals surface area contributed by atoms with Crippen LogP contribution in [0.3, 0.4) is 0 Å². The van der Waals surface area contributed by atoms with E-state index in [1.807, 2.05) is 0 Å². The highest BCUT2D eigenvalue weighted by atomic mass is 35.7. The summed E-state index contributed by atoms with van der Waals surface area (Å²) in [6.45, 7) is 0. The molecule has 0 amide bonds. The zero-order valence-corrected chi connectivity index (χ0v) is 9.97. The Morgan fingerprint density at radius 1 is 1.42 bits per heavy atom. The van der Waals surface area contributed by atoms with E-state index in [1.165, 1.54) is 0 Å². The molecule has 1 aromatic heterocycles. The molecule has 1 aromatic rings. The maximum atomic E-state index is 11.9. The zero-order valence-electron chi connectivity index (χ0n) is 8.39. The standard InChI is InChI=1S/C6H2ClF3N2O6S/c7-19(16,17)4-3(13)2(18-6(8,9)10)1-11-5(4)12(14)15/h1H,(H,11,13). The summed E-state index contributed by atoms with van der Waals surface area (Å²) in [5.41, 5.74) is -1.88. The van der Waals surface area contributed by atoms with E-state index in [4.69, 9.17) is 10.7 Å². The first-order chi connectivity index (χ1) is 8.43. The maximum absolute atomic E-state index is 11.9. The third-order valence-corrected chi connectivity index (χ3v) is 2.97. The molecule has 0 fully saturated rings. The summed E-state index contributed by atoms with van der Waals surface area (Å²) in [4.78, 5) is 20.5. The fraction of sp³-hybridized carbons (Fsp3) is 0.167. The van der Waals surface area contributed by atoms with E-state index in [9.17, 15) is 36.5 Å². The Bertz CT molecular complexity index is 681. The van der Waals surface area contributed by atoms with Crippen molar-refractivity contribution >= 4 is 25.6 Å². The molecule has 19 heavy (non-hydrogen) atoms. The lowest BCUT2D eigenvalue weighted by molar-refractivity contribution is -0.392. The number of H-pyrrole nitrogens is 1.